The van der Waals surface area contributed by atoms with Crippen molar-refractivity contribution in [3.63, 3.8) is 0 Å². The van der Waals surface area contributed by atoms with E-state index in [0.29, 0.717) is 13.0 Å². The van der Waals surface area contributed by atoms with Crippen LogP contribution in [0.25, 0.3) is 0 Å². The third-order valence-electron chi connectivity index (χ3n) is 10.7. The number of nitrogens with two attached hydrogens (primary N) is 1. The highest BCUT2D eigenvalue weighted by Gasteiger charge is 2.70. The second kappa shape index (κ2) is 13.2. The number of benzene rings is 1. The van der Waals surface area contributed by atoms with Crippen LogP contribution < -0.4 is 21.7 Å². The minimum atomic E-state index is -1.07. The molecule has 1 heterocycles. The van der Waals surface area contributed by atoms with E-state index in [-0.39, 0.29) is 40.6 Å². The number of thioether (sulfide) groups is 1. The van der Waals surface area contributed by atoms with Gasteiger partial charge in [-0.1, -0.05) is 84.9 Å². The maximum absolute atomic E-state index is 14.4. The first-order valence-corrected chi connectivity index (χ1v) is 17.8. The van der Waals surface area contributed by atoms with Crippen LogP contribution in [0.1, 0.15) is 86.0 Å². The molecule has 11 heteroatoms. The van der Waals surface area contributed by atoms with E-state index in [9.17, 15) is 24.0 Å². The SMILES string of the molecule is CC1(C)C2CN(C(=O)[C@@H](NC(=O)NC3(CSc4ccccc4)CCCCC3)C(C)(C)C)[C@H](C(=O)NC(CC3CC3)C(=O)C(N)=O)C21. The van der Waals surface area contributed by atoms with Crippen molar-refractivity contribution in [1.29, 1.82) is 0 Å². The number of likely N-dealkylation sites (tertiary alicyclic amines) is 1. The number of rotatable bonds is 12. The van der Waals surface area contributed by atoms with Crippen molar-refractivity contribution < 1.29 is 24.0 Å². The summed E-state index contributed by atoms with van der Waals surface area (Å²) in [4.78, 5) is 69.2. The van der Waals surface area contributed by atoms with Crippen LogP contribution in [-0.2, 0) is 19.2 Å². The molecule has 10 nitrogen and oxygen atoms in total. The molecule has 5 atom stereocenters. The number of hydrogen-bond acceptors (Lipinski definition) is 6. The van der Waals surface area contributed by atoms with Gasteiger partial charge in [0.15, 0.2) is 0 Å². The van der Waals surface area contributed by atoms with Crippen LogP contribution in [0.3, 0.4) is 0 Å². The van der Waals surface area contributed by atoms with E-state index >= 15 is 0 Å². The largest absolute Gasteiger partial charge is 0.363 e. The summed E-state index contributed by atoms with van der Waals surface area (Å²) in [6, 6.07) is 7.07. The highest BCUT2D eigenvalue weighted by molar-refractivity contribution is 7.99. The van der Waals surface area contributed by atoms with E-state index in [1.807, 2.05) is 39.0 Å². The minimum Gasteiger partial charge on any atom is -0.363 e. The molecular formula is C35H51N5O5S. The predicted molar refractivity (Wildman–Crippen MR) is 178 cm³/mol. The third-order valence-corrected chi connectivity index (χ3v) is 12.0. The fourth-order valence-electron chi connectivity index (χ4n) is 7.66. The van der Waals surface area contributed by atoms with E-state index in [1.165, 1.54) is 0 Å². The summed E-state index contributed by atoms with van der Waals surface area (Å²) in [6.45, 7) is 10.3. The number of piperidine rings is 1. The monoisotopic (exact) mass is 653 g/mol. The van der Waals surface area contributed by atoms with Gasteiger partial charge in [0.2, 0.25) is 17.6 Å². The van der Waals surface area contributed by atoms with E-state index in [0.717, 1.165) is 55.6 Å². The quantitative estimate of drug-likeness (QED) is 0.198. The Hall–Kier alpha value is -3.08. The maximum Gasteiger partial charge on any atom is 0.315 e. The van der Waals surface area contributed by atoms with Gasteiger partial charge in [-0.2, -0.15) is 0 Å². The molecular weight excluding hydrogens is 602 g/mol. The van der Waals surface area contributed by atoms with Crippen LogP contribution in [0.2, 0.25) is 0 Å². The molecule has 4 aliphatic rings. The number of primary amides is 1. The van der Waals surface area contributed by atoms with Crippen molar-refractivity contribution in [1.82, 2.24) is 20.9 Å². The molecule has 4 fully saturated rings. The van der Waals surface area contributed by atoms with Gasteiger partial charge >= 0.3 is 6.03 Å². The predicted octanol–water partition coefficient (Wildman–Crippen LogP) is 4.02. The first-order chi connectivity index (χ1) is 21.6. The normalized spacial score (nSPS) is 25.8. The van der Waals surface area contributed by atoms with Crippen LogP contribution in [0, 0.1) is 28.6 Å². The molecule has 0 spiro atoms. The fourth-order valence-corrected chi connectivity index (χ4v) is 8.81. The molecule has 3 saturated carbocycles. The van der Waals surface area contributed by atoms with Crippen molar-refractivity contribution >= 4 is 41.3 Å². The van der Waals surface area contributed by atoms with Crippen molar-refractivity contribution in [2.24, 2.45) is 34.3 Å². The standard InChI is InChI=1S/C35H51N5O5S/c1-33(2,3)28(38-32(45)39-35(16-10-7-11-17-35)20-46-22-12-8-6-9-13-22)31(44)40-19-23-25(34(23,4)5)26(40)30(43)37-24(18-21-14-15-21)27(41)29(36)42/h6,8-9,12-13,21,23-26,28H,7,10-11,14-20H2,1-5H3,(H2,36,42)(H,37,43)(H2,38,39,45)/t23?,24?,25?,26-,28+/m0/s1. The summed E-state index contributed by atoms with van der Waals surface area (Å²) in [6.07, 6.45) is 7.17. The Morgan fingerprint density at radius 1 is 1.00 bits per heavy atom. The fraction of sp³-hybridized carbons (Fsp3) is 0.686. The van der Waals surface area contributed by atoms with Gasteiger partial charge in [0, 0.05) is 17.2 Å². The van der Waals surface area contributed by atoms with Crippen molar-refractivity contribution in [3.05, 3.63) is 30.3 Å². The highest BCUT2D eigenvalue weighted by atomic mass is 32.2. The number of hydrogen-bond donors (Lipinski definition) is 4. The van der Waals surface area contributed by atoms with Gasteiger partial charge in [-0.05, 0) is 60.0 Å². The molecule has 46 heavy (non-hydrogen) atoms. The van der Waals surface area contributed by atoms with E-state index in [2.05, 4.69) is 41.9 Å². The van der Waals surface area contributed by atoms with Gasteiger partial charge in [-0.25, -0.2) is 4.79 Å². The summed E-state index contributed by atoms with van der Waals surface area (Å²) in [5.74, 6) is -1.60. The van der Waals surface area contributed by atoms with Gasteiger partial charge in [0.05, 0.1) is 11.6 Å². The molecule has 1 saturated heterocycles. The second-order valence-electron chi connectivity index (χ2n) is 15.7. The number of nitrogens with one attached hydrogen (secondary N) is 3. The van der Waals surface area contributed by atoms with Gasteiger partial charge in [0.1, 0.15) is 12.1 Å². The van der Waals surface area contributed by atoms with Crippen LogP contribution in [0.5, 0.6) is 0 Å². The van der Waals surface area contributed by atoms with Gasteiger partial charge in [-0.15, -0.1) is 11.8 Å². The molecule has 252 valence electrons. The van der Waals surface area contributed by atoms with Crippen LogP contribution in [0.4, 0.5) is 4.79 Å². The van der Waals surface area contributed by atoms with Crippen molar-refractivity contribution in [2.75, 3.05) is 12.3 Å². The lowest BCUT2D eigenvalue weighted by atomic mass is 9.83. The summed E-state index contributed by atoms with van der Waals surface area (Å²) in [5.41, 5.74) is 4.14. The van der Waals surface area contributed by atoms with E-state index in [1.54, 1.807) is 16.7 Å². The summed E-state index contributed by atoms with van der Waals surface area (Å²) < 4.78 is 0. The van der Waals surface area contributed by atoms with Crippen LogP contribution in [-0.4, -0.2) is 70.4 Å². The topological polar surface area (TPSA) is 151 Å². The Kier molecular flexibility index (Phi) is 9.83. The van der Waals surface area contributed by atoms with Gasteiger partial charge < -0.3 is 26.6 Å². The highest BCUT2D eigenvalue weighted by Crippen LogP contribution is 2.65. The van der Waals surface area contributed by atoms with Crippen molar-refractivity contribution in [2.45, 2.75) is 115 Å². The molecule has 3 aliphatic carbocycles. The Bertz CT molecular complexity index is 1330. The second-order valence-corrected chi connectivity index (χ2v) is 16.7. The van der Waals surface area contributed by atoms with Crippen LogP contribution in [0.15, 0.2) is 35.2 Å². The first kappa shape index (κ1) is 34.3. The number of Topliss-reactive ketones (excluding diaryl/α,β-unsaturated/α-hetero) is 1. The zero-order chi connectivity index (χ0) is 33.4. The van der Waals surface area contributed by atoms with E-state index in [4.69, 9.17) is 5.73 Å². The Morgan fingerprint density at radius 2 is 1.65 bits per heavy atom. The van der Waals surface area contributed by atoms with Crippen molar-refractivity contribution in [3.8, 4) is 0 Å². The number of amides is 5. The lowest BCUT2D eigenvalue weighted by molar-refractivity contribution is -0.145. The average molecular weight is 654 g/mol. The zero-order valence-corrected chi connectivity index (χ0v) is 28.7. The number of urea groups is 1. The Balaban J connectivity index is 1.31. The van der Waals surface area contributed by atoms with Gasteiger partial charge in [-0.3, -0.25) is 19.2 Å². The molecule has 5 N–H and O–H groups in total. The lowest BCUT2D eigenvalue weighted by Crippen LogP contribution is -2.63. The smallest absolute Gasteiger partial charge is 0.315 e. The molecule has 1 aromatic rings. The zero-order valence-electron chi connectivity index (χ0n) is 27.9. The molecule has 0 radical (unpaired) electrons. The summed E-state index contributed by atoms with van der Waals surface area (Å²) in [5, 5.41) is 9.12. The number of carbonyl (C=O) groups excluding carboxylic acids is 5. The first-order valence-electron chi connectivity index (χ1n) is 16.8. The molecule has 1 aliphatic heterocycles. The lowest BCUT2D eigenvalue weighted by Gasteiger charge is -2.40. The molecule has 0 aromatic heterocycles. The number of fused-ring (bicyclic) bond motifs is 1. The summed E-state index contributed by atoms with van der Waals surface area (Å²) >= 11 is 1.73. The molecule has 5 rings (SSSR count). The molecule has 0 bridgehead atoms. The molecule has 3 unspecified atom stereocenters. The van der Waals surface area contributed by atoms with Gasteiger partial charge in [0.25, 0.3) is 5.91 Å². The average Bonchev–Trinajstić information content (AvgIpc) is 3.85. The maximum atomic E-state index is 14.4. The van der Waals surface area contributed by atoms with E-state index < -0.39 is 41.1 Å². The third kappa shape index (κ3) is 7.55. The van der Waals surface area contributed by atoms with Crippen LogP contribution >= 0.6 is 11.8 Å². The molecule has 5 amide bonds. The summed E-state index contributed by atoms with van der Waals surface area (Å²) in [7, 11) is 0. The Morgan fingerprint density at radius 3 is 2.24 bits per heavy atom. The number of ketones is 1. The number of nitrogens with zero attached hydrogens (tertiary/aromatic N) is 1. The molecule has 1 aromatic carbocycles. The minimum absolute atomic E-state index is 0.0864. The number of carbonyl (C=O) groups is 5. The Labute approximate surface area is 277 Å².